The van der Waals surface area contributed by atoms with Gasteiger partial charge in [0.1, 0.15) is 11.6 Å². The van der Waals surface area contributed by atoms with Crippen molar-refractivity contribution in [2.45, 2.75) is 66.2 Å². The van der Waals surface area contributed by atoms with Crippen molar-refractivity contribution in [1.82, 2.24) is 21.3 Å². The lowest BCUT2D eigenvalue weighted by Gasteiger charge is -2.21. The summed E-state index contributed by atoms with van der Waals surface area (Å²) in [5.74, 6) is -0.0711. The molecule has 1 rings (SSSR count). The number of urea groups is 1. The minimum Gasteiger partial charge on any atom is -0.444 e. The van der Waals surface area contributed by atoms with E-state index in [-0.39, 0.29) is 24.9 Å². The molecule has 0 aliphatic carbocycles. The summed E-state index contributed by atoms with van der Waals surface area (Å²) >= 11 is 0. The van der Waals surface area contributed by atoms with Crippen molar-refractivity contribution in [3.63, 3.8) is 0 Å². The third kappa shape index (κ3) is 11.3. The molecule has 0 bridgehead atoms. The van der Waals surface area contributed by atoms with E-state index in [0.29, 0.717) is 13.0 Å². The van der Waals surface area contributed by atoms with E-state index < -0.39 is 23.8 Å². The number of alkyl carbamates (subject to hydrolysis) is 1. The van der Waals surface area contributed by atoms with Gasteiger partial charge >= 0.3 is 12.1 Å². The molecule has 30 heavy (non-hydrogen) atoms. The number of nitrogens with one attached hydrogen (secondary N) is 4. The first-order chi connectivity index (χ1) is 14.0. The van der Waals surface area contributed by atoms with E-state index in [1.54, 1.807) is 20.8 Å². The standard InChI is InChI=1S/C22H36N4O4/c1-15(2)13-18(19(27)23-11-12-24-21(29)30-22(4,5)6)26-20(28)25-14-17-9-7-16(3)8-10-17/h7-10,15,18H,11-14H2,1-6H3,(H,23,27)(H,24,29)(H2,25,26,28). The number of aryl methyl sites for hydroxylation is 1. The maximum absolute atomic E-state index is 12.5. The van der Waals surface area contributed by atoms with Gasteiger partial charge in [-0.25, -0.2) is 9.59 Å². The predicted molar refractivity (Wildman–Crippen MR) is 117 cm³/mol. The molecule has 0 spiro atoms. The molecule has 0 radical (unpaired) electrons. The molecule has 1 unspecified atom stereocenters. The van der Waals surface area contributed by atoms with Gasteiger partial charge in [-0.15, -0.1) is 0 Å². The molecule has 0 saturated heterocycles. The van der Waals surface area contributed by atoms with Gasteiger partial charge in [0.15, 0.2) is 0 Å². The number of benzene rings is 1. The van der Waals surface area contributed by atoms with Crippen LogP contribution in [-0.4, -0.2) is 42.8 Å². The maximum Gasteiger partial charge on any atom is 0.407 e. The van der Waals surface area contributed by atoms with Crippen molar-refractivity contribution in [2.24, 2.45) is 5.92 Å². The summed E-state index contributed by atoms with van der Waals surface area (Å²) in [4.78, 5) is 36.4. The Bertz CT molecular complexity index is 696. The smallest absolute Gasteiger partial charge is 0.407 e. The second-order valence-electron chi connectivity index (χ2n) is 8.71. The van der Waals surface area contributed by atoms with Crippen LogP contribution in [0.25, 0.3) is 0 Å². The lowest BCUT2D eigenvalue weighted by atomic mass is 10.0. The van der Waals surface area contributed by atoms with E-state index in [0.717, 1.165) is 11.1 Å². The van der Waals surface area contributed by atoms with Gasteiger partial charge in [0.25, 0.3) is 0 Å². The maximum atomic E-state index is 12.5. The van der Waals surface area contributed by atoms with E-state index in [1.807, 2.05) is 45.0 Å². The normalized spacial score (nSPS) is 12.1. The second kappa shape index (κ2) is 12.0. The Labute approximate surface area is 179 Å². The summed E-state index contributed by atoms with van der Waals surface area (Å²) in [7, 11) is 0. The zero-order valence-corrected chi connectivity index (χ0v) is 18.9. The van der Waals surface area contributed by atoms with Crippen molar-refractivity contribution >= 4 is 18.0 Å². The molecule has 0 aliphatic rings. The highest BCUT2D eigenvalue weighted by Gasteiger charge is 2.22. The van der Waals surface area contributed by atoms with Gasteiger partial charge < -0.3 is 26.0 Å². The van der Waals surface area contributed by atoms with Crippen molar-refractivity contribution in [3.8, 4) is 0 Å². The van der Waals surface area contributed by atoms with Gasteiger partial charge in [-0.2, -0.15) is 0 Å². The van der Waals surface area contributed by atoms with Gasteiger partial charge in [0.05, 0.1) is 0 Å². The minimum atomic E-state index is -0.662. The van der Waals surface area contributed by atoms with Gasteiger partial charge in [0, 0.05) is 19.6 Å². The lowest BCUT2D eigenvalue weighted by Crippen LogP contribution is -2.51. The van der Waals surface area contributed by atoms with Crippen LogP contribution in [-0.2, 0) is 16.1 Å². The first kappa shape index (κ1) is 25.3. The van der Waals surface area contributed by atoms with Crippen LogP contribution in [0, 0.1) is 12.8 Å². The lowest BCUT2D eigenvalue weighted by molar-refractivity contribution is -0.123. The Balaban J connectivity index is 2.45. The summed E-state index contributed by atoms with van der Waals surface area (Å²) < 4.78 is 5.14. The van der Waals surface area contributed by atoms with E-state index in [1.165, 1.54) is 0 Å². The summed E-state index contributed by atoms with van der Waals surface area (Å²) in [5.41, 5.74) is 1.55. The molecule has 0 aliphatic heterocycles. The quantitative estimate of drug-likeness (QED) is 0.461. The summed E-state index contributed by atoms with van der Waals surface area (Å²) in [6, 6.07) is 6.80. The first-order valence-corrected chi connectivity index (χ1v) is 10.3. The number of amides is 4. The second-order valence-corrected chi connectivity index (χ2v) is 8.71. The molecule has 4 N–H and O–H groups in total. The zero-order chi connectivity index (χ0) is 22.7. The Morgan fingerprint density at radius 1 is 0.967 bits per heavy atom. The molecule has 1 aromatic rings. The number of hydrogen-bond donors (Lipinski definition) is 4. The Morgan fingerprint density at radius 3 is 2.13 bits per heavy atom. The van der Waals surface area contributed by atoms with Crippen LogP contribution < -0.4 is 21.3 Å². The fourth-order valence-electron chi connectivity index (χ4n) is 2.59. The average Bonchev–Trinajstić information content (AvgIpc) is 2.62. The van der Waals surface area contributed by atoms with E-state index in [2.05, 4.69) is 21.3 Å². The highest BCUT2D eigenvalue weighted by molar-refractivity contribution is 5.87. The van der Waals surface area contributed by atoms with Crippen LogP contribution >= 0.6 is 0 Å². The molecule has 8 heteroatoms. The number of carbonyl (C=O) groups is 3. The number of carbonyl (C=O) groups excluding carboxylic acids is 3. The Kier molecular flexibility index (Phi) is 10.1. The topological polar surface area (TPSA) is 109 Å². The van der Waals surface area contributed by atoms with Crippen LogP contribution in [0.1, 0.15) is 52.2 Å². The van der Waals surface area contributed by atoms with E-state index in [9.17, 15) is 14.4 Å². The van der Waals surface area contributed by atoms with Crippen LogP contribution in [0.5, 0.6) is 0 Å². The van der Waals surface area contributed by atoms with E-state index in [4.69, 9.17) is 4.74 Å². The van der Waals surface area contributed by atoms with Crippen LogP contribution in [0.15, 0.2) is 24.3 Å². The molecule has 0 fully saturated rings. The molecule has 168 valence electrons. The van der Waals surface area contributed by atoms with Crippen molar-refractivity contribution in [2.75, 3.05) is 13.1 Å². The fraction of sp³-hybridized carbons (Fsp3) is 0.591. The van der Waals surface area contributed by atoms with Crippen molar-refractivity contribution in [3.05, 3.63) is 35.4 Å². The monoisotopic (exact) mass is 420 g/mol. The number of ether oxygens (including phenoxy) is 1. The van der Waals surface area contributed by atoms with E-state index >= 15 is 0 Å². The number of hydrogen-bond acceptors (Lipinski definition) is 4. The van der Waals surface area contributed by atoms with Crippen LogP contribution in [0.4, 0.5) is 9.59 Å². The molecule has 1 aromatic carbocycles. The molecule has 0 heterocycles. The minimum absolute atomic E-state index is 0.220. The summed E-state index contributed by atoms with van der Waals surface area (Å²) in [5, 5.41) is 10.8. The average molecular weight is 421 g/mol. The number of rotatable bonds is 9. The van der Waals surface area contributed by atoms with Gasteiger partial charge in [0.2, 0.25) is 5.91 Å². The molecule has 8 nitrogen and oxygen atoms in total. The van der Waals surface area contributed by atoms with Crippen molar-refractivity contribution in [1.29, 1.82) is 0 Å². The third-order valence-electron chi connectivity index (χ3n) is 4.00. The molecule has 1 atom stereocenters. The predicted octanol–water partition coefficient (Wildman–Crippen LogP) is 2.85. The molecular formula is C22H36N4O4. The Morgan fingerprint density at radius 2 is 1.57 bits per heavy atom. The molecular weight excluding hydrogens is 384 g/mol. The molecule has 0 aromatic heterocycles. The first-order valence-electron chi connectivity index (χ1n) is 10.3. The van der Waals surface area contributed by atoms with Gasteiger partial charge in [-0.1, -0.05) is 43.7 Å². The van der Waals surface area contributed by atoms with Crippen LogP contribution in [0.2, 0.25) is 0 Å². The van der Waals surface area contributed by atoms with Gasteiger partial charge in [-0.3, -0.25) is 4.79 Å². The van der Waals surface area contributed by atoms with Crippen molar-refractivity contribution < 1.29 is 19.1 Å². The highest BCUT2D eigenvalue weighted by atomic mass is 16.6. The largest absolute Gasteiger partial charge is 0.444 e. The zero-order valence-electron chi connectivity index (χ0n) is 18.9. The summed E-state index contributed by atoms with van der Waals surface area (Å²) in [6.07, 6.45) is -0.0346. The third-order valence-corrected chi connectivity index (χ3v) is 4.00. The molecule has 4 amide bonds. The van der Waals surface area contributed by atoms with Gasteiger partial charge in [-0.05, 0) is 45.6 Å². The summed E-state index contributed by atoms with van der Waals surface area (Å²) in [6.45, 7) is 12.1. The van der Waals surface area contributed by atoms with Crippen LogP contribution in [0.3, 0.4) is 0 Å². The Hall–Kier alpha value is -2.77. The SMILES string of the molecule is Cc1ccc(CNC(=O)NC(CC(C)C)C(=O)NCCNC(=O)OC(C)(C)C)cc1. The highest BCUT2D eigenvalue weighted by Crippen LogP contribution is 2.07. The molecule has 0 saturated carbocycles. The fourth-order valence-corrected chi connectivity index (χ4v) is 2.59.